The molecule has 3 atom stereocenters. The predicted molar refractivity (Wildman–Crippen MR) is 143 cm³/mol. The topological polar surface area (TPSA) is 120 Å². The van der Waals surface area contributed by atoms with Crippen LogP contribution in [0.25, 0.3) is 10.6 Å². The van der Waals surface area contributed by atoms with Gasteiger partial charge in [0.2, 0.25) is 11.8 Å². The lowest BCUT2D eigenvalue weighted by atomic mass is 9.97. The number of hydrogen-bond donors (Lipinski definition) is 3. The minimum Gasteiger partial charge on any atom is -0.347 e. The van der Waals surface area contributed by atoms with Gasteiger partial charge in [0, 0.05) is 18.3 Å². The van der Waals surface area contributed by atoms with Gasteiger partial charge in [-0.05, 0) is 43.9 Å². The number of carbonyl (C=O) groups excluding carboxylic acids is 2. The summed E-state index contributed by atoms with van der Waals surface area (Å²) in [4.78, 5) is 32.0. The Bertz CT molecular complexity index is 1480. The zero-order valence-electron chi connectivity index (χ0n) is 20.3. The molecule has 2 amide bonds. The normalized spacial score (nSPS) is 22.9. The standard InChI is InChI=1S/C25H25ClFN5O4S2/c1-32-21(24(34)28-15-10-11-17(27)16(26)12-15)13-20(31-38(32,35)36)23(33)29-18-8-5-9-19-22(18)37-25(30-19)14-6-3-2-4-7-14/h2-4,6-7,10-12,18,20-21,31H,5,8-9,13H2,1H3,(H,28,34)(H,29,33). The molecule has 1 aromatic heterocycles. The van der Waals surface area contributed by atoms with Crippen molar-refractivity contribution in [2.75, 3.05) is 12.4 Å². The van der Waals surface area contributed by atoms with Crippen LogP contribution in [0.5, 0.6) is 0 Å². The number of nitrogens with one attached hydrogen (secondary N) is 3. The molecular weight excluding hydrogens is 553 g/mol. The SMILES string of the molecule is CN1C(C(=O)Nc2ccc(F)c(Cl)c2)CC(C(=O)NC2CCCc3nc(-c4ccccc4)sc32)NS1(=O)=O. The van der Waals surface area contributed by atoms with Gasteiger partial charge >= 0.3 is 0 Å². The second-order valence-corrected chi connectivity index (χ2v) is 12.4. The van der Waals surface area contributed by atoms with Crippen molar-refractivity contribution in [1.29, 1.82) is 0 Å². The minimum absolute atomic E-state index is 0.0974. The van der Waals surface area contributed by atoms with E-state index in [1.807, 2.05) is 30.3 Å². The maximum absolute atomic E-state index is 13.5. The van der Waals surface area contributed by atoms with E-state index in [0.29, 0.717) is 6.42 Å². The molecule has 1 fully saturated rings. The van der Waals surface area contributed by atoms with Crippen molar-refractivity contribution in [3.8, 4) is 10.6 Å². The molecule has 38 heavy (non-hydrogen) atoms. The molecule has 9 nitrogen and oxygen atoms in total. The first-order valence-corrected chi connectivity index (χ1v) is 14.6. The smallest absolute Gasteiger partial charge is 0.280 e. The maximum atomic E-state index is 13.5. The summed E-state index contributed by atoms with van der Waals surface area (Å²) in [6.07, 6.45) is 2.24. The highest BCUT2D eigenvalue weighted by molar-refractivity contribution is 7.87. The van der Waals surface area contributed by atoms with E-state index in [2.05, 4.69) is 15.4 Å². The number of benzene rings is 2. The highest BCUT2D eigenvalue weighted by Gasteiger charge is 2.43. The molecule has 5 rings (SSSR count). The van der Waals surface area contributed by atoms with Gasteiger partial charge < -0.3 is 10.6 Å². The summed E-state index contributed by atoms with van der Waals surface area (Å²) >= 11 is 7.31. The van der Waals surface area contributed by atoms with Gasteiger partial charge in [0.25, 0.3) is 10.2 Å². The van der Waals surface area contributed by atoms with Crippen LogP contribution < -0.4 is 15.4 Å². The van der Waals surface area contributed by atoms with Crippen LogP contribution in [-0.4, -0.2) is 48.7 Å². The van der Waals surface area contributed by atoms with Gasteiger partial charge in [-0.3, -0.25) is 9.59 Å². The van der Waals surface area contributed by atoms with E-state index in [1.54, 1.807) is 0 Å². The van der Waals surface area contributed by atoms with Gasteiger partial charge in [0.05, 0.1) is 21.6 Å². The number of likely N-dealkylation sites (N-methyl/N-ethyl adjacent to an activating group) is 1. The lowest BCUT2D eigenvalue weighted by molar-refractivity contribution is -0.125. The number of carbonyl (C=O) groups is 2. The summed E-state index contributed by atoms with van der Waals surface area (Å²) in [5.41, 5.74) is 2.14. The van der Waals surface area contributed by atoms with Crippen molar-refractivity contribution in [3.05, 3.63) is 69.9 Å². The second kappa shape index (κ2) is 10.7. The first-order valence-electron chi connectivity index (χ1n) is 12.0. The minimum atomic E-state index is -4.12. The molecular formula is C25H25ClFN5O4S2. The number of halogens is 2. The fraction of sp³-hybridized carbons (Fsp3) is 0.320. The Morgan fingerprint density at radius 3 is 2.68 bits per heavy atom. The molecule has 0 bridgehead atoms. The second-order valence-electron chi connectivity index (χ2n) is 9.21. The van der Waals surface area contributed by atoms with Gasteiger partial charge in [-0.15, -0.1) is 11.3 Å². The number of nitrogens with zero attached hydrogens (tertiary/aromatic N) is 2. The number of anilines is 1. The predicted octanol–water partition coefficient (Wildman–Crippen LogP) is 3.64. The number of aromatic nitrogens is 1. The van der Waals surface area contributed by atoms with Crippen LogP contribution in [-0.2, 0) is 26.2 Å². The van der Waals surface area contributed by atoms with Gasteiger partial charge in [0.1, 0.15) is 22.9 Å². The van der Waals surface area contributed by atoms with Crippen molar-refractivity contribution in [2.45, 2.75) is 43.8 Å². The fourth-order valence-corrected chi connectivity index (χ4v) is 7.25. The van der Waals surface area contributed by atoms with Crippen molar-refractivity contribution < 1.29 is 22.4 Å². The van der Waals surface area contributed by atoms with Gasteiger partial charge in [-0.2, -0.15) is 17.4 Å². The van der Waals surface area contributed by atoms with E-state index in [9.17, 15) is 22.4 Å². The molecule has 3 N–H and O–H groups in total. The van der Waals surface area contributed by atoms with Crippen LogP contribution in [0.3, 0.4) is 0 Å². The summed E-state index contributed by atoms with van der Waals surface area (Å²) in [5, 5.41) is 6.22. The van der Waals surface area contributed by atoms with Crippen LogP contribution in [0.2, 0.25) is 5.02 Å². The van der Waals surface area contributed by atoms with Crippen LogP contribution in [0, 0.1) is 5.82 Å². The number of fused-ring (bicyclic) bond motifs is 1. The van der Waals surface area contributed by atoms with E-state index < -0.39 is 39.9 Å². The third-order valence-electron chi connectivity index (χ3n) is 6.66. The van der Waals surface area contributed by atoms with E-state index in [1.165, 1.54) is 30.5 Å². The summed E-state index contributed by atoms with van der Waals surface area (Å²) in [6, 6.07) is 10.8. The summed E-state index contributed by atoms with van der Waals surface area (Å²) in [5.74, 6) is -1.82. The average Bonchev–Trinajstić information content (AvgIpc) is 3.34. The number of thiazole rings is 1. The Hall–Kier alpha value is -2.90. The molecule has 2 aromatic carbocycles. The molecule has 0 spiro atoms. The average molecular weight is 578 g/mol. The Morgan fingerprint density at radius 1 is 1.18 bits per heavy atom. The molecule has 3 unspecified atom stereocenters. The van der Waals surface area contributed by atoms with Crippen LogP contribution in [0.1, 0.15) is 35.9 Å². The number of amides is 2. The van der Waals surface area contributed by atoms with Crippen LogP contribution >= 0.6 is 22.9 Å². The first-order chi connectivity index (χ1) is 18.1. The largest absolute Gasteiger partial charge is 0.347 e. The Morgan fingerprint density at radius 2 is 1.95 bits per heavy atom. The van der Waals surface area contributed by atoms with Crippen molar-refractivity contribution in [1.82, 2.24) is 19.3 Å². The summed E-state index contributed by atoms with van der Waals surface area (Å²) in [7, 11) is -2.87. The van der Waals surface area contributed by atoms with E-state index in [0.717, 1.165) is 44.4 Å². The van der Waals surface area contributed by atoms with Crippen molar-refractivity contribution in [3.63, 3.8) is 0 Å². The Labute approximate surface area is 228 Å². The van der Waals surface area contributed by atoms with Gasteiger partial charge in [-0.1, -0.05) is 41.9 Å². The maximum Gasteiger partial charge on any atom is 0.280 e. The van der Waals surface area contributed by atoms with Crippen molar-refractivity contribution in [2.24, 2.45) is 0 Å². The first kappa shape index (κ1) is 26.7. The monoisotopic (exact) mass is 577 g/mol. The lowest BCUT2D eigenvalue weighted by Crippen LogP contribution is -2.62. The van der Waals surface area contributed by atoms with E-state index in [-0.39, 0.29) is 23.2 Å². The molecule has 1 saturated heterocycles. The van der Waals surface area contributed by atoms with Crippen LogP contribution in [0.4, 0.5) is 10.1 Å². The van der Waals surface area contributed by atoms with Gasteiger partial charge in [-0.25, -0.2) is 9.37 Å². The van der Waals surface area contributed by atoms with E-state index >= 15 is 0 Å². The molecule has 200 valence electrons. The van der Waals surface area contributed by atoms with Crippen LogP contribution in [0.15, 0.2) is 48.5 Å². The van der Waals surface area contributed by atoms with Crippen molar-refractivity contribution >= 4 is 50.6 Å². The third-order valence-corrected chi connectivity index (χ3v) is 9.81. The molecule has 2 aliphatic rings. The molecule has 0 saturated carbocycles. The molecule has 13 heteroatoms. The fourth-order valence-electron chi connectivity index (χ4n) is 4.62. The number of rotatable bonds is 5. The zero-order chi connectivity index (χ0) is 27.0. The summed E-state index contributed by atoms with van der Waals surface area (Å²) in [6.45, 7) is 0. The molecule has 1 aliphatic heterocycles. The molecule has 1 aliphatic carbocycles. The quantitative estimate of drug-likeness (QED) is 0.428. The number of aryl methyl sites for hydroxylation is 1. The Balaban J connectivity index is 1.32. The van der Waals surface area contributed by atoms with E-state index in [4.69, 9.17) is 16.6 Å². The highest BCUT2D eigenvalue weighted by Crippen LogP contribution is 2.38. The highest BCUT2D eigenvalue weighted by atomic mass is 35.5. The third kappa shape index (κ3) is 5.45. The summed E-state index contributed by atoms with van der Waals surface area (Å²) < 4.78 is 42.3. The molecule has 3 aromatic rings. The van der Waals surface area contributed by atoms with Gasteiger partial charge in [0.15, 0.2) is 0 Å². The number of hydrogen-bond acceptors (Lipinski definition) is 6. The zero-order valence-corrected chi connectivity index (χ0v) is 22.7. The lowest BCUT2D eigenvalue weighted by Gasteiger charge is -2.36. The molecule has 0 radical (unpaired) electrons. The molecule has 2 heterocycles. The Kier molecular flexibility index (Phi) is 7.51.